The summed E-state index contributed by atoms with van der Waals surface area (Å²) in [6.45, 7) is 9.64. The smallest absolute Gasteiger partial charge is 0.110 e. The van der Waals surface area contributed by atoms with Crippen molar-refractivity contribution in [3.63, 3.8) is 0 Å². The van der Waals surface area contributed by atoms with Crippen molar-refractivity contribution in [1.29, 1.82) is 0 Å². The molecule has 1 rings (SSSR count). The fraction of sp³-hybridized carbons (Fsp3) is 0.333. The van der Waals surface area contributed by atoms with Crippen LogP contribution in [0.4, 0.5) is 5.69 Å². The zero-order valence-electron chi connectivity index (χ0n) is 8.07. The maximum Gasteiger partial charge on any atom is 0.110 e. The highest BCUT2D eigenvalue weighted by atomic mass is 32.1. The van der Waals surface area contributed by atoms with Crippen LogP contribution in [0, 0.1) is 0 Å². The van der Waals surface area contributed by atoms with Gasteiger partial charge < -0.3 is 0 Å². The third-order valence-corrected chi connectivity index (χ3v) is 1.78. The van der Waals surface area contributed by atoms with Gasteiger partial charge in [0, 0.05) is 5.71 Å². The van der Waals surface area contributed by atoms with Crippen LogP contribution in [-0.2, 0) is 0 Å². The van der Waals surface area contributed by atoms with Gasteiger partial charge in [-0.15, -0.1) is 0 Å². The van der Waals surface area contributed by atoms with Crippen LogP contribution in [0.15, 0.2) is 17.8 Å². The molecule has 13 heavy (non-hydrogen) atoms. The van der Waals surface area contributed by atoms with Gasteiger partial charge in [0.15, 0.2) is 0 Å². The molecule has 0 saturated heterocycles. The second-order valence-electron chi connectivity index (χ2n) is 3.11. The molecule has 0 radical (unpaired) electrons. The Kier molecular flexibility index (Phi) is 2.93. The van der Waals surface area contributed by atoms with Gasteiger partial charge in [0.25, 0.3) is 0 Å². The number of allylic oxidation sites excluding steroid dienone is 1. The first-order chi connectivity index (χ1) is 6.02. The summed E-state index contributed by atoms with van der Waals surface area (Å²) >= 11 is 4.16. The van der Waals surface area contributed by atoms with Gasteiger partial charge in [0.1, 0.15) is 11.4 Å². The molecule has 1 heterocycles. The number of rotatable bonds is 2. The fourth-order valence-corrected chi connectivity index (χ4v) is 1.37. The minimum Gasteiger partial charge on any atom is -0.254 e. The molecule has 0 saturated carbocycles. The molecule has 3 nitrogen and oxygen atoms in total. The monoisotopic (exact) mass is 195 g/mol. The molecule has 0 aliphatic carbocycles. The summed E-state index contributed by atoms with van der Waals surface area (Å²) in [7, 11) is 0. The van der Waals surface area contributed by atoms with E-state index in [9.17, 15) is 0 Å². The van der Waals surface area contributed by atoms with Crippen molar-refractivity contribution in [2.75, 3.05) is 0 Å². The molecular weight excluding hydrogens is 182 g/mol. The number of aliphatic imine (C=N–C) groups is 1. The van der Waals surface area contributed by atoms with E-state index in [0.29, 0.717) is 0 Å². The molecule has 0 amide bonds. The number of thiol groups is 1. The van der Waals surface area contributed by atoms with Crippen molar-refractivity contribution in [3.05, 3.63) is 18.5 Å². The number of hydrogen-bond donors (Lipinski definition) is 1. The molecule has 1 aromatic heterocycles. The highest BCUT2D eigenvalue weighted by Crippen LogP contribution is 2.25. The van der Waals surface area contributed by atoms with Gasteiger partial charge in [0.2, 0.25) is 0 Å². The Morgan fingerprint density at radius 2 is 2.15 bits per heavy atom. The van der Waals surface area contributed by atoms with E-state index in [-0.39, 0.29) is 0 Å². The fourth-order valence-electron chi connectivity index (χ4n) is 1.04. The molecule has 0 spiro atoms. The molecule has 0 aliphatic heterocycles. The van der Waals surface area contributed by atoms with Crippen LogP contribution < -0.4 is 0 Å². The maximum absolute atomic E-state index is 4.33. The molecule has 0 fully saturated rings. The number of aromatic nitrogens is 2. The molecule has 0 aromatic carbocycles. The number of hydrogen-bond acceptors (Lipinski definition) is 3. The lowest BCUT2D eigenvalue weighted by molar-refractivity contribution is 1.00. The maximum atomic E-state index is 4.33. The van der Waals surface area contributed by atoms with Crippen LogP contribution in [-0.4, -0.2) is 14.9 Å². The SMILES string of the molecule is C=C(C)c1c(N=C(C)C)cnn1S. The highest BCUT2D eigenvalue weighted by Gasteiger charge is 2.08. The zero-order chi connectivity index (χ0) is 10.0. The minimum absolute atomic E-state index is 0.822. The van der Waals surface area contributed by atoms with E-state index in [1.54, 1.807) is 6.20 Å². The van der Waals surface area contributed by atoms with Crippen LogP contribution in [0.2, 0.25) is 0 Å². The average molecular weight is 195 g/mol. The third kappa shape index (κ3) is 2.21. The van der Waals surface area contributed by atoms with Crippen molar-refractivity contribution >= 4 is 29.8 Å². The summed E-state index contributed by atoms with van der Waals surface area (Å²) < 4.78 is 1.49. The van der Waals surface area contributed by atoms with Crippen LogP contribution >= 0.6 is 12.8 Å². The second-order valence-corrected chi connectivity index (χ2v) is 3.49. The lowest BCUT2D eigenvalue weighted by atomic mass is 10.2. The summed E-state index contributed by atoms with van der Waals surface area (Å²) in [5, 5.41) is 4.00. The molecule has 0 aliphatic rings. The van der Waals surface area contributed by atoms with Gasteiger partial charge in [-0.1, -0.05) is 6.58 Å². The minimum atomic E-state index is 0.822. The average Bonchev–Trinajstić information content (AvgIpc) is 2.30. The van der Waals surface area contributed by atoms with Gasteiger partial charge in [-0.2, -0.15) is 5.10 Å². The van der Waals surface area contributed by atoms with Crippen molar-refractivity contribution in [2.45, 2.75) is 20.8 Å². The third-order valence-electron chi connectivity index (χ3n) is 1.48. The predicted molar refractivity (Wildman–Crippen MR) is 59.8 cm³/mol. The van der Waals surface area contributed by atoms with E-state index < -0.39 is 0 Å². The van der Waals surface area contributed by atoms with Gasteiger partial charge in [-0.3, -0.25) is 4.99 Å². The van der Waals surface area contributed by atoms with Gasteiger partial charge in [-0.25, -0.2) is 4.09 Å². The molecule has 0 N–H and O–H groups in total. The van der Waals surface area contributed by atoms with E-state index in [2.05, 4.69) is 29.5 Å². The molecule has 1 aromatic rings. The Balaban J connectivity index is 3.23. The standard InChI is InChI=1S/C9H13N3S/c1-6(2)9-8(11-7(3)4)5-10-12(9)13/h5,13H,1H2,2-4H3. The first kappa shape index (κ1) is 10.1. The summed E-state index contributed by atoms with van der Waals surface area (Å²) in [6.07, 6.45) is 1.68. The summed E-state index contributed by atoms with van der Waals surface area (Å²) in [6, 6.07) is 0. The molecule has 4 heteroatoms. The first-order valence-corrected chi connectivity index (χ1v) is 4.37. The van der Waals surface area contributed by atoms with Crippen molar-refractivity contribution in [2.24, 2.45) is 4.99 Å². The largest absolute Gasteiger partial charge is 0.254 e. The number of nitrogens with zero attached hydrogens (tertiary/aromatic N) is 3. The second kappa shape index (κ2) is 3.79. The lowest BCUT2D eigenvalue weighted by Crippen LogP contribution is -1.89. The van der Waals surface area contributed by atoms with Crippen LogP contribution in [0.3, 0.4) is 0 Å². The lowest BCUT2D eigenvalue weighted by Gasteiger charge is -2.00. The molecular formula is C9H13N3S. The Morgan fingerprint density at radius 3 is 2.62 bits per heavy atom. The molecule has 0 unspecified atom stereocenters. The van der Waals surface area contributed by atoms with E-state index >= 15 is 0 Å². The highest BCUT2D eigenvalue weighted by molar-refractivity contribution is 7.78. The van der Waals surface area contributed by atoms with Crippen molar-refractivity contribution < 1.29 is 0 Å². The molecule has 70 valence electrons. The summed E-state index contributed by atoms with van der Waals surface area (Å²) in [5.41, 5.74) is 3.59. The Bertz CT molecular complexity index is 359. The Hall–Kier alpha value is -1.03. The normalized spacial score (nSPS) is 9.85. The van der Waals surface area contributed by atoms with Crippen LogP contribution in [0.5, 0.6) is 0 Å². The van der Waals surface area contributed by atoms with E-state index in [1.165, 1.54) is 4.09 Å². The van der Waals surface area contributed by atoms with Crippen molar-refractivity contribution in [3.8, 4) is 0 Å². The first-order valence-electron chi connectivity index (χ1n) is 3.97. The van der Waals surface area contributed by atoms with Gasteiger partial charge in [0.05, 0.1) is 6.20 Å². The zero-order valence-corrected chi connectivity index (χ0v) is 8.97. The molecule has 0 atom stereocenters. The van der Waals surface area contributed by atoms with E-state index in [4.69, 9.17) is 0 Å². The van der Waals surface area contributed by atoms with Crippen molar-refractivity contribution in [1.82, 2.24) is 9.19 Å². The van der Waals surface area contributed by atoms with Crippen LogP contribution in [0.1, 0.15) is 26.5 Å². The summed E-state index contributed by atoms with van der Waals surface area (Å²) in [5.74, 6) is 0. The summed E-state index contributed by atoms with van der Waals surface area (Å²) in [4.78, 5) is 4.33. The predicted octanol–water partition coefficient (Wildman–Crippen LogP) is 2.72. The van der Waals surface area contributed by atoms with E-state index in [0.717, 1.165) is 22.7 Å². The van der Waals surface area contributed by atoms with Gasteiger partial charge >= 0.3 is 0 Å². The van der Waals surface area contributed by atoms with Crippen LogP contribution in [0.25, 0.3) is 5.57 Å². The topological polar surface area (TPSA) is 30.2 Å². The molecule has 0 bridgehead atoms. The van der Waals surface area contributed by atoms with Gasteiger partial charge in [-0.05, 0) is 39.2 Å². The Morgan fingerprint density at radius 1 is 1.54 bits per heavy atom. The Labute approximate surface area is 83.7 Å². The quantitative estimate of drug-likeness (QED) is 0.570. The van der Waals surface area contributed by atoms with E-state index in [1.807, 2.05) is 20.8 Å².